The fourth-order valence-electron chi connectivity index (χ4n) is 4.46. The average molecular weight is 438 g/mol. The molecule has 0 unspecified atom stereocenters. The summed E-state index contributed by atoms with van der Waals surface area (Å²) in [4.78, 5) is 23.9. The molecule has 1 aliphatic heterocycles. The molecule has 1 aromatic heterocycles. The maximum absolute atomic E-state index is 12.7. The van der Waals surface area contributed by atoms with Crippen molar-refractivity contribution < 1.29 is 17.9 Å². The number of rotatable bonds is 7. The van der Waals surface area contributed by atoms with Gasteiger partial charge in [-0.2, -0.15) is 0 Å². The minimum Gasteiger partial charge on any atom is -0.372 e. The lowest BCUT2D eigenvalue weighted by Crippen LogP contribution is -2.45. The number of carbonyl (C=O) groups is 1. The van der Waals surface area contributed by atoms with E-state index in [1.807, 2.05) is 0 Å². The second kappa shape index (κ2) is 9.73. The number of anilines is 1. The van der Waals surface area contributed by atoms with E-state index in [9.17, 15) is 13.2 Å². The molecule has 30 heavy (non-hydrogen) atoms. The van der Waals surface area contributed by atoms with Crippen LogP contribution in [0.15, 0.2) is 12.4 Å². The van der Waals surface area contributed by atoms with Crippen molar-refractivity contribution in [3.8, 4) is 0 Å². The third-order valence-electron chi connectivity index (χ3n) is 6.28. The smallest absolute Gasteiger partial charge is 0.152 e. The molecule has 0 aromatic carbocycles. The van der Waals surface area contributed by atoms with Gasteiger partial charge in [0.1, 0.15) is 11.6 Å². The van der Waals surface area contributed by atoms with E-state index in [1.165, 1.54) is 0 Å². The molecule has 2 heterocycles. The van der Waals surface area contributed by atoms with Crippen LogP contribution in [0.4, 0.5) is 5.82 Å². The number of ketones is 1. The molecular weight excluding hydrogens is 402 g/mol. The third kappa shape index (κ3) is 6.00. The second-order valence-electron chi connectivity index (χ2n) is 9.27. The Labute approximate surface area is 180 Å². The summed E-state index contributed by atoms with van der Waals surface area (Å²) < 4.78 is 30.0. The van der Waals surface area contributed by atoms with Crippen LogP contribution < -0.4 is 4.90 Å². The van der Waals surface area contributed by atoms with Gasteiger partial charge in [-0.1, -0.05) is 0 Å². The van der Waals surface area contributed by atoms with Crippen LogP contribution in [0.3, 0.4) is 0 Å². The Hall–Kier alpha value is -1.54. The van der Waals surface area contributed by atoms with Crippen LogP contribution in [0.25, 0.3) is 0 Å². The van der Waals surface area contributed by atoms with Crippen molar-refractivity contribution in [1.82, 2.24) is 9.97 Å². The van der Waals surface area contributed by atoms with Crippen molar-refractivity contribution >= 4 is 21.4 Å². The van der Waals surface area contributed by atoms with E-state index in [4.69, 9.17) is 4.74 Å². The van der Waals surface area contributed by atoms with Crippen LogP contribution in [0.2, 0.25) is 0 Å². The van der Waals surface area contributed by atoms with E-state index in [1.54, 1.807) is 26.2 Å². The molecule has 0 radical (unpaired) electrons. The maximum Gasteiger partial charge on any atom is 0.152 e. The summed E-state index contributed by atoms with van der Waals surface area (Å²) in [7, 11) is -3.02. The van der Waals surface area contributed by atoms with E-state index in [2.05, 4.69) is 28.7 Å². The average Bonchev–Trinajstić information content (AvgIpc) is 2.68. The van der Waals surface area contributed by atoms with Gasteiger partial charge < -0.3 is 9.64 Å². The van der Waals surface area contributed by atoms with E-state index in [-0.39, 0.29) is 40.8 Å². The van der Waals surface area contributed by atoms with Gasteiger partial charge in [0, 0.05) is 19.0 Å². The molecule has 0 N–H and O–H groups in total. The molecule has 1 aliphatic carbocycles. The largest absolute Gasteiger partial charge is 0.372 e. The molecule has 1 aromatic rings. The molecule has 1 saturated carbocycles. The lowest BCUT2D eigenvalue weighted by atomic mass is 9.80. The molecule has 0 bridgehead atoms. The number of carbonyl (C=O) groups excluding carboxylic acids is 1. The van der Waals surface area contributed by atoms with Gasteiger partial charge in [0.25, 0.3) is 0 Å². The van der Waals surface area contributed by atoms with Crippen LogP contribution in [0.1, 0.15) is 59.1 Å². The van der Waals surface area contributed by atoms with Gasteiger partial charge >= 0.3 is 0 Å². The van der Waals surface area contributed by atoms with Gasteiger partial charge in [-0.3, -0.25) is 9.78 Å². The first-order valence-corrected chi connectivity index (χ1v) is 12.8. The molecule has 8 heteroatoms. The maximum atomic E-state index is 12.7. The standard InChI is InChI=1S/C22H35N3O4S/c1-15(2)30(27,28)14-18-5-7-19(8-6-18)21(26)9-20-10-24-22(11-23-20)25-12-16(3)29-17(4)13-25/h10-11,15-19H,5-9,12-14H2,1-4H3/t16-,17+,18?,19?. The first-order valence-electron chi connectivity index (χ1n) is 11.1. The molecule has 7 nitrogen and oxygen atoms in total. The summed E-state index contributed by atoms with van der Waals surface area (Å²) in [6, 6.07) is 0. The topological polar surface area (TPSA) is 89.5 Å². The van der Waals surface area contributed by atoms with Crippen molar-refractivity contribution in [2.24, 2.45) is 11.8 Å². The lowest BCUT2D eigenvalue weighted by Gasteiger charge is -2.35. The second-order valence-corrected chi connectivity index (χ2v) is 11.9. The molecule has 1 saturated heterocycles. The zero-order valence-corrected chi connectivity index (χ0v) is 19.4. The third-order valence-corrected chi connectivity index (χ3v) is 8.65. The predicted octanol–water partition coefficient (Wildman–Crippen LogP) is 2.83. The number of morpholine rings is 1. The number of Topliss-reactive ketones (excluding diaryl/α,β-unsaturated/α-hetero) is 1. The number of nitrogens with zero attached hydrogens (tertiary/aromatic N) is 3. The van der Waals surface area contributed by atoms with Crippen molar-refractivity contribution in [3.63, 3.8) is 0 Å². The quantitative estimate of drug-likeness (QED) is 0.648. The van der Waals surface area contributed by atoms with Gasteiger partial charge in [0.05, 0.1) is 47.7 Å². The van der Waals surface area contributed by atoms with Crippen LogP contribution in [0.5, 0.6) is 0 Å². The number of aromatic nitrogens is 2. The molecule has 0 spiro atoms. The van der Waals surface area contributed by atoms with Crippen LogP contribution in [0, 0.1) is 11.8 Å². The molecule has 2 atom stereocenters. The Kier molecular flexibility index (Phi) is 7.50. The Bertz CT molecular complexity index is 807. The zero-order chi connectivity index (χ0) is 21.9. The molecule has 2 fully saturated rings. The van der Waals surface area contributed by atoms with Crippen molar-refractivity contribution in [2.45, 2.75) is 77.3 Å². The van der Waals surface area contributed by atoms with E-state index in [0.29, 0.717) is 12.1 Å². The number of ether oxygens (including phenoxy) is 1. The Morgan fingerprint density at radius 1 is 1.10 bits per heavy atom. The van der Waals surface area contributed by atoms with Crippen LogP contribution in [-0.2, 0) is 25.8 Å². The highest BCUT2D eigenvalue weighted by Gasteiger charge is 2.30. The van der Waals surface area contributed by atoms with Crippen LogP contribution in [-0.4, -0.2) is 60.5 Å². The van der Waals surface area contributed by atoms with Gasteiger partial charge in [0.2, 0.25) is 0 Å². The van der Waals surface area contributed by atoms with Crippen LogP contribution >= 0.6 is 0 Å². The Morgan fingerprint density at radius 2 is 1.73 bits per heavy atom. The normalized spacial score (nSPS) is 28.0. The van der Waals surface area contributed by atoms with Crippen molar-refractivity contribution in [3.05, 3.63) is 18.1 Å². The highest BCUT2D eigenvalue weighted by atomic mass is 32.2. The zero-order valence-electron chi connectivity index (χ0n) is 18.6. The SMILES string of the molecule is CC(C)S(=O)(=O)CC1CCC(C(=O)Cc2cnc(N3C[C@@H](C)O[C@@H](C)C3)cn2)CC1. The summed E-state index contributed by atoms with van der Waals surface area (Å²) in [6.45, 7) is 9.14. The summed E-state index contributed by atoms with van der Waals surface area (Å²) in [5, 5.41) is -0.331. The number of hydrogen-bond donors (Lipinski definition) is 0. The highest BCUT2D eigenvalue weighted by molar-refractivity contribution is 7.91. The van der Waals surface area contributed by atoms with E-state index < -0.39 is 9.84 Å². The minimum absolute atomic E-state index is 0.00502. The summed E-state index contributed by atoms with van der Waals surface area (Å²) in [5.41, 5.74) is 0.697. The first-order chi connectivity index (χ1) is 14.1. The fraction of sp³-hybridized carbons (Fsp3) is 0.773. The molecule has 3 rings (SSSR count). The van der Waals surface area contributed by atoms with Gasteiger partial charge in [-0.25, -0.2) is 13.4 Å². The Morgan fingerprint density at radius 3 is 2.27 bits per heavy atom. The van der Waals surface area contributed by atoms with E-state index >= 15 is 0 Å². The van der Waals surface area contributed by atoms with Crippen molar-refractivity contribution in [1.29, 1.82) is 0 Å². The molecule has 168 valence electrons. The van der Waals surface area contributed by atoms with Gasteiger partial charge in [-0.15, -0.1) is 0 Å². The summed E-state index contributed by atoms with van der Waals surface area (Å²) >= 11 is 0. The minimum atomic E-state index is -3.02. The molecule has 2 aliphatic rings. The van der Waals surface area contributed by atoms with Gasteiger partial charge in [-0.05, 0) is 59.3 Å². The monoisotopic (exact) mass is 437 g/mol. The molecular formula is C22H35N3O4S. The fourth-order valence-corrected chi connectivity index (χ4v) is 5.84. The Balaban J connectivity index is 1.50. The molecule has 0 amide bonds. The summed E-state index contributed by atoms with van der Waals surface area (Å²) in [5.74, 6) is 1.44. The number of hydrogen-bond acceptors (Lipinski definition) is 7. The highest BCUT2D eigenvalue weighted by Crippen LogP contribution is 2.31. The van der Waals surface area contributed by atoms with E-state index in [0.717, 1.165) is 44.6 Å². The van der Waals surface area contributed by atoms with Crippen molar-refractivity contribution in [2.75, 3.05) is 23.7 Å². The first kappa shape index (κ1) is 23.1. The lowest BCUT2D eigenvalue weighted by molar-refractivity contribution is -0.123. The predicted molar refractivity (Wildman–Crippen MR) is 117 cm³/mol. The van der Waals surface area contributed by atoms with Gasteiger partial charge in [0.15, 0.2) is 9.84 Å². The number of sulfone groups is 1. The summed E-state index contributed by atoms with van der Waals surface area (Å²) in [6.07, 6.45) is 7.21.